The maximum Gasteiger partial charge on any atom is 0.294 e. The smallest absolute Gasteiger partial charge is 0.294 e. The Kier molecular flexibility index (Phi) is 5.71. The van der Waals surface area contributed by atoms with Crippen LogP contribution >= 0.6 is 11.3 Å². The first-order valence-corrected chi connectivity index (χ1v) is 10.1. The van der Waals surface area contributed by atoms with Gasteiger partial charge in [-0.25, -0.2) is 10.1 Å². The third-order valence-corrected chi connectivity index (χ3v) is 4.84. The number of thiophene rings is 1. The minimum atomic E-state index is -0.541. The van der Waals surface area contributed by atoms with Crippen molar-refractivity contribution in [3.63, 3.8) is 0 Å². The summed E-state index contributed by atoms with van der Waals surface area (Å²) in [4.78, 5) is 13.5. The Morgan fingerprint density at radius 2 is 2.10 bits per heavy atom. The molecule has 3 aromatic heterocycles. The molecule has 0 atom stereocenters. The Labute approximate surface area is 180 Å². The van der Waals surface area contributed by atoms with Crippen molar-refractivity contribution in [2.45, 2.75) is 20.0 Å². The number of carbonyl (C=O) groups excluding carboxylic acids is 1. The Bertz CT molecular complexity index is 1200. The fourth-order valence-corrected chi connectivity index (χ4v) is 3.43. The van der Waals surface area contributed by atoms with Crippen LogP contribution < -0.4 is 15.9 Å². The summed E-state index contributed by atoms with van der Waals surface area (Å²) in [5.41, 5.74) is 9.50. The summed E-state index contributed by atoms with van der Waals surface area (Å²) in [6.07, 6.45) is 1.61. The van der Waals surface area contributed by atoms with Crippen LogP contribution in [0.25, 0.3) is 16.4 Å². The average molecular weight is 438 g/mol. The minimum Gasteiger partial charge on any atom is -0.491 e. The van der Waals surface area contributed by atoms with E-state index < -0.39 is 5.91 Å². The molecular weight excluding hydrogens is 420 g/mol. The fourth-order valence-electron chi connectivity index (χ4n) is 2.68. The summed E-state index contributed by atoms with van der Waals surface area (Å²) in [6.45, 7) is 3.91. The van der Waals surface area contributed by atoms with Gasteiger partial charge in [0.1, 0.15) is 11.4 Å². The number of hydrogen-bond acceptors (Lipinski definition) is 10. The van der Waals surface area contributed by atoms with E-state index in [0.717, 1.165) is 16.2 Å². The third-order valence-electron chi connectivity index (χ3n) is 3.97. The van der Waals surface area contributed by atoms with E-state index in [-0.39, 0.29) is 23.4 Å². The normalized spacial score (nSPS) is 11.3. The van der Waals surface area contributed by atoms with Crippen molar-refractivity contribution >= 4 is 29.3 Å². The van der Waals surface area contributed by atoms with Crippen molar-refractivity contribution in [3.8, 4) is 22.1 Å². The largest absolute Gasteiger partial charge is 0.491 e. The highest BCUT2D eigenvalue weighted by Crippen LogP contribution is 2.29. The molecule has 0 aliphatic heterocycles. The molecule has 0 aliphatic rings. The Morgan fingerprint density at radius 1 is 1.29 bits per heavy atom. The predicted molar refractivity (Wildman–Crippen MR) is 114 cm³/mol. The number of aromatic nitrogens is 5. The summed E-state index contributed by atoms with van der Waals surface area (Å²) in [7, 11) is 0. The Hall–Kier alpha value is -4.06. The molecule has 0 fully saturated rings. The molecule has 0 radical (unpaired) electrons. The molecule has 3 heterocycles. The summed E-state index contributed by atoms with van der Waals surface area (Å²) < 4.78 is 11.6. The van der Waals surface area contributed by atoms with Gasteiger partial charge in [-0.15, -0.1) is 16.4 Å². The lowest BCUT2D eigenvalue weighted by Crippen LogP contribution is -2.19. The molecule has 1 amide bonds. The second kappa shape index (κ2) is 8.75. The van der Waals surface area contributed by atoms with Gasteiger partial charge in [-0.05, 0) is 65.4 Å². The van der Waals surface area contributed by atoms with Crippen LogP contribution in [-0.2, 0) is 0 Å². The molecular formula is C19H18N8O3S. The number of nitrogens with zero attached hydrogens (tertiary/aromatic N) is 6. The average Bonchev–Trinajstić information content (AvgIpc) is 3.48. The molecule has 0 saturated carbocycles. The number of amides is 1. The molecule has 0 saturated heterocycles. The molecule has 11 nitrogen and oxygen atoms in total. The molecule has 4 rings (SSSR count). The number of benzene rings is 1. The highest BCUT2D eigenvalue weighted by atomic mass is 32.1. The van der Waals surface area contributed by atoms with Gasteiger partial charge < -0.3 is 10.5 Å². The molecule has 0 bridgehead atoms. The molecule has 3 N–H and O–H groups in total. The van der Waals surface area contributed by atoms with E-state index in [4.69, 9.17) is 10.5 Å². The van der Waals surface area contributed by atoms with Gasteiger partial charge in [-0.2, -0.15) is 9.78 Å². The number of nitrogens with one attached hydrogen (secondary N) is 1. The maximum absolute atomic E-state index is 12.7. The van der Waals surface area contributed by atoms with Gasteiger partial charge in [0, 0.05) is 0 Å². The first-order valence-electron chi connectivity index (χ1n) is 9.21. The lowest BCUT2D eigenvalue weighted by molar-refractivity contribution is 0.0950. The van der Waals surface area contributed by atoms with Crippen LogP contribution in [0.5, 0.6) is 5.75 Å². The molecule has 0 unspecified atom stereocenters. The van der Waals surface area contributed by atoms with Crippen LogP contribution in [-0.4, -0.2) is 43.5 Å². The number of ether oxygens (including phenoxy) is 1. The van der Waals surface area contributed by atoms with Gasteiger partial charge in [0.2, 0.25) is 11.6 Å². The molecule has 0 aliphatic carbocycles. The molecule has 0 spiro atoms. The molecule has 12 heteroatoms. The number of nitrogens with two attached hydrogens (primary N) is 1. The lowest BCUT2D eigenvalue weighted by Gasteiger charge is -2.09. The zero-order valence-electron chi connectivity index (χ0n) is 16.6. The van der Waals surface area contributed by atoms with E-state index in [1.165, 1.54) is 22.2 Å². The topological polar surface area (TPSA) is 146 Å². The summed E-state index contributed by atoms with van der Waals surface area (Å²) in [6, 6.07) is 11.0. The number of anilines is 1. The maximum atomic E-state index is 12.7. The predicted octanol–water partition coefficient (Wildman–Crippen LogP) is 2.51. The van der Waals surface area contributed by atoms with Crippen molar-refractivity contribution < 1.29 is 14.2 Å². The second-order valence-electron chi connectivity index (χ2n) is 6.58. The standard InChI is InChI=1S/C19H18N8O3S/c1-11(2)29-13-7-5-12(6-8-13)10-21-23-19(28)15-16(14-4-3-9-31-14)27(26-22-15)18-17(20)24-30-25-18/h3-11H,1-2H3,(H2,20,24)(H,23,28)/b21-10-. The molecule has 158 valence electrons. The van der Waals surface area contributed by atoms with Crippen molar-refractivity contribution in [1.82, 2.24) is 30.7 Å². The zero-order chi connectivity index (χ0) is 21.8. The van der Waals surface area contributed by atoms with Crippen LogP contribution in [0.1, 0.15) is 29.9 Å². The lowest BCUT2D eigenvalue weighted by atomic mass is 10.2. The van der Waals surface area contributed by atoms with E-state index >= 15 is 0 Å². The summed E-state index contributed by atoms with van der Waals surface area (Å²) in [5, 5.41) is 21.1. The van der Waals surface area contributed by atoms with Crippen molar-refractivity contribution in [3.05, 3.63) is 53.0 Å². The minimum absolute atomic E-state index is 0.0255. The van der Waals surface area contributed by atoms with Crippen LogP contribution in [0.2, 0.25) is 0 Å². The zero-order valence-corrected chi connectivity index (χ0v) is 17.4. The van der Waals surface area contributed by atoms with Crippen molar-refractivity contribution in [2.75, 3.05) is 5.73 Å². The van der Waals surface area contributed by atoms with Gasteiger partial charge in [0.05, 0.1) is 17.2 Å². The number of hydrogen-bond donors (Lipinski definition) is 2. The van der Waals surface area contributed by atoms with Gasteiger partial charge in [0.15, 0.2) is 5.69 Å². The third kappa shape index (κ3) is 4.43. The first-order chi connectivity index (χ1) is 15.0. The second-order valence-corrected chi connectivity index (χ2v) is 7.53. The van der Waals surface area contributed by atoms with Crippen molar-refractivity contribution in [1.29, 1.82) is 0 Å². The molecule has 4 aromatic rings. The van der Waals surface area contributed by atoms with E-state index in [9.17, 15) is 4.79 Å². The van der Waals surface area contributed by atoms with Gasteiger partial charge in [-0.3, -0.25) is 4.79 Å². The fraction of sp³-hybridized carbons (Fsp3) is 0.158. The van der Waals surface area contributed by atoms with E-state index in [1.54, 1.807) is 0 Å². The molecule has 1 aromatic carbocycles. The SMILES string of the molecule is CC(C)Oc1ccc(/C=N\NC(=O)c2nnn(-c3nonc3N)c2-c2cccs2)cc1. The summed E-state index contributed by atoms with van der Waals surface area (Å²) >= 11 is 1.40. The van der Waals surface area contributed by atoms with Crippen LogP contribution in [0.3, 0.4) is 0 Å². The number of hydrazone groups is 1. The number of rotatable bonds is 7. The number of nitrogen functional groups attached to an aromatic ring is 1. The van der Waals surface area contributed by atoms with Gasteiger partial charge in [-0.1, -0.05) is 11.3 Å². The Morgan fingerprint density at radius 3 is 2.74 bits per heavy atom. The Balaban J connectivity index is 1.54. The monoisotopic (exact) mass is 438 g/mol. The number of carbonyl (C=O) groups is 1. The van der Waals surface area contributed by atoms with E-state index in [2.05, 4.69) is 35.8 Å². The van der Waals surface area contributed by atoms with Crippen LogP contribution in [0, 0.1) is 0 Å². The first kappa shape index (κ1) is 20.2. The van der Waals surface area contributed by atoms with E-state index in [0.29, 0.717) is 5.69 Å². The van der Waals surface area contributed by atoms with Crippen molar-refractivity contribution in [2.24, 2.45) is 5.10 Å². The van der Waals surface area contributed by atoms with Crippen LogP contribution in [0.4, 0.5) is 5.82 Å². The van der Waals surface area contributed by atoms with Crippen LogP contribution in [0.15, 0.2) is 51.5 Å². The highest BCUT2D eigenvalue weighted by molar-refractivity contribution is 7.13. The van der Waals surface area contributed by atoms with E-state index in [1.807, 2.05) is 55.6 Å². The van der Waals surface area contributed by atoms with Gasteiger partial charge in [0.25, 0.3) is 5.91 Å². The summed E-state index contributed by atoms with van der Waals surface area (Å²) in [5.74, 6) is 0.385. The molecule has 31 heavy (non-hydrogen) atoms. The quantitative estimate of drug-likeness (QED) is 0.330. The highest BCUT2D eigenvalue weighted by Gasteiger charge is 2.25. The van der Waals surface area contributed by atoms with Gasteiger partial charge >= 0.3 is 0 Å².